The summed E-state index contributed by atoms with van der Waals surface area (Å²) in [6, 6.07) is 12.1. The molecule has 0 radical (unpaired) electrons. The molecule has 0 atom stereocenters. The van der Waals surface area contributed by atoms with Gasteiger partial charge in [-0.25, -0.2) is 4.79 Å². The monoisotopic (exact) mass is 325 g/mol. The second-order valence-electron chi connectivity index (χ2n) is 5.14. The number of nitrogens with one attached hydrogen (secondary N) is 2. The molecule has 1 amide bonds. The fourth-order valence-corrected chi connectivity index (χ4v) is 2.43. The zero-order valence-electron chi connectivity index (χ0n) is 12.9. The topological polar surface area (TPSA) is 104 Å². The number of fused-ring (bicyclic) bond motifs is 1. The molecule has 1 aromatic heterocycles. The second-order valence-corrected chi connectivity index (χ2v) is 5.14. The van der Waals surface area contributed by atoms with Crippen LogP contribution in [-0.2, 0) is 6.54 Å². The molecule has 0 aliphatic carbocycles. The lowest BCUT2D eigenvalue weighted by Crippen LogP contribution is -2.23. The van der Waals surface area contributed by atoms with E-state index in [1.54, 1.807) is 12.1 Å². The largest absolute Gasteiger partial charge is 0.496 e. The lowest BCUT2D eigenvalue weighted by molar-refractivity contribution is 0.0693. The van der Waals surface area contributed by atoms with E-state index in [4.69, 9.17) is 4.74 Å². The standard InChI is InChI=1S/C17H15N3O4/c1-24-14-7-6-10(8-12(14)17(22)23)9-18-16(21)15-11-4-2-3-5-13(11)19-20-15/h2-8H,9H2,1H3,(H,18,21)(H,19,20)(H,22,23). The quantitative estimate of drug-likeness (QED) is 0.667. The number of hydrogen-bond donors (Lipinski definition) is 3. The number of ether oxygens (including phenoxy) is 1. The fraction of sp³-hybridized carbons (Fsp3) is 0.118. The Morgan fingerprint density at radius 3 is 2.79 bits per heavy atom. The minimum Gasteiger partial charge on any atom is -0.496 e. The number of para-hydroxylation sites is 1. The normalized spacial score (nSPS) is 10.5. The average Bonchev–Trinajstić information content (AvgIpc) is 3.03. The van der Waals surface area contributed by atoms with Crippen molar-refractivity contribution in [2.45, 2.75) is 6.54 Å². The molecule has 7 nitrogen and oxygen atoms in total. The Morgan fingerprint density at radius 1 is 1.25 bits per heavy atom. The molecular weight excluding hydrogens is 310 g/mol. The number of hydrogen-bond acceptors (Lipinski definition) is 4. The van der Waals surface area contributed by atoms with Crippen molar-refractivity contribution < 1.29 is 19.4 Å². The van der Waals surface area contributed by atoms with E-state index in [0.29, 0.717) is 11.3 Å². The van der Waals surface area contributed by atoms with Gasteiger partial charge in [-0.3, -0.25) is 9.89 Å². The van der Waals surface area contributed by atoms with Gasteiger partial charge in [0.1, 0.15) is 11.3 Å². The fourth-order valence-electron chi connectivity index (χ4n) is 2.43. The summed E-state index contributed by atoms with van der Waals surface area (Å²) in [5, 5.41) is 19.5. The molecule has 24 heavy (non-hydrogen) atoms. The Bertz CT molecular complexity index is 917. The van der Waals surface area contributed by atoms with Crippen LogP contribution >= 0.6 is 0 Å². The van der Waals surface area contributed by atoms with Gasteiger partial charge in [0.15, 0.2) is 5.69 Å². The third-order valence-corrected chi connectivity index (χ3v) is 3.63. The van der Waals surface area contributed by atoms with Crippen molar-refractivity contribution in [3.05, 3.63) is 59.3 Å². The van der Waals surface area contributed by atoms with E-state index in [1.165, 1.54) is 13.2 Å². The van der Waals surface area contributed by atoms with Crippen LogP contribution in [-0.4, -0.2) is 34.3 Å². The molecule has 0 aliphatic heterocycles. The van der Waals surface area contributed by atoms with Crippen molar-refractivity contribution >= 4 is 22.8 Å². The van der Waals surface area contributed by atoms with Crippen LogP contribution in [0.15, 0.2) is 42.5 Å². The third kappa shape index (κ3) is 2.91. The SMILES string of the molecule is COc1ccc(CNC(=O)c2n[nH]c3ccccc23)cc1C(=O)O. The summed E-state index contributed by atoms with van der Waals surface area (Å²) in [7, 11) is 1.41. The van der Waals surface area contributed by atoms with Crippen LogP contribution in [0.5, 0.6) is 5.75 Å². The van der Waals surface area contributed by atoms with Crippen LogP contribution in [0.2, 0.25) is 0 Å². The Hall–Kier alpha value is -3.35. The number of aromatic nitrogens is 2. The first-order chi connectivity index (χ1) is 11.6. The molecule has 2 aromatic carbocycles. The minimum atomic E-state index is -1.08. The Labute approximate surface area is 137 Å². The van der Waals surface area contributed by atoms with Gasteiger partial charge in [-0.1, -0.05) is 24.3 Å². The van der Waals surface area contributed by atoms with Gasteiger partial charge < -0.3 is 15.2 Å². The van der Waals surface area contributed by atoms with Crippen molar-refractivity contribution in [2.75, 3.05) is 7.11 Å². The van der Waals surface area contributed by atoms with E-state index >= 15 is 0 Å². The molecule has 3 N–H and O–H groups in total. The Morgan fingerprint density at radius 2 is 2.04 bits per heavy atom. The van der Waals surface area contributed by atoms with E-state index in [-0.39, 0.29) is 23.8 Å². The molecule has 0 fully saturated rings. The maximum atomic E-state index is 12.3. The van der Waals surface area contributed by atoms with Gasteiger partial charge in [-0.15, -0.1) is 0 Å². The molecule has 0 saturated carbocycles. The molecule has 3 rings (SSSR count). The summed E-state index contributed by atoms with van der Waals surface area (Å²) in [6.07, 6.45) is 0. The van der Waals surface area contributed by atoms with Gasteiger partial charge in [0.25, 0.3) is 5.91 Å². The van der Waals surface area contributed by atoms with Crippen molar-refractivity contribution in [1.82, 2.24) is 15.5 Å². The maximum absolute atomic E-state index is 12.3. The summed E-state index contributed by atoms with van der Waals surface area (Å²) in [5.41, 5.74) is 1.79. The van der Waals surface area contributed by atoms with Gasteiger partial charge in [-0.2, -0.15) is 5.10 Å². The summed E-state index contributed by atoms with van der Waals surface area (Å²) in [6.45, 7) is 0.185. The number of benzene rings is 2. The van der Waals surface area contributed by atoms with Crippen LogP contribution in [0, 0.1) is 0 Å². The van der Waals surface area contributed by atoms with Crippen molar-refractivity contribution in [1.29, 1.82) is 0 Å². The van der Waals surface area contributed by atoms with Crippen molar-refractivity contribution in [3.63, 3.8) is 0 Å². The number of carboxylic acids is 1. The van der Waals surface area contributed by atoms with Gasteiger partial charge in [0.05, 0.1) is 12.6 Å². The molecule has 122 valence electrons. The lowest BCUT2D eigenvalue weighted by Gasteiger charge is -2.08. The van der Waals surface area contributed by atoms with E-state index in [9.17, 15) is 14.7 Å². The first-order valence-corrected chi connectivity index (χ1v) is 7.21. The van der Waals surface area contributed by atoms with Crippen LogP contribution < -0.4 is 10.1 Å². The number of methoxy groups -OCH3 is 1. The third-order valence-electron chi connectivity index (χ3n) is 3.63. The van der Waals surface area contributed by atoms with Crippen molar-refractivity contribution in [2.24, 2.45) is 0 Å². The number of H-pyrrole nitrogens is 1. The Balaban J connectivity index is 1.77. The zero-order valence-corrected chi connectivity index (χ0v) is 12.9. The number of aromatic amines is 1. The molecular formula is C17H15N3O4. The molecule has 0 saturated heterocycles. The molecule has 0 aliphatic rings. The first-order valence-electron chi connectivity index (χ1n) is 7.21. The van der Waals surface area contributed by atoms with E-state index < -0.39 is 5.97 Å². The molecule has 7 heteroatoms. The van der Waals surface area contributed by atoms with Crippen LogP contribution in [0.4, 0.5) is 0 Å². The number of amides is 1. The van der Waals surface area contributed by atoms with E-state index in [2.05, 4.69) is 15.5 Å². The van der Waals surface area contributed by atoms with Gasteiger partial charge >= 0.3 is 5.97 Å². The highest BCUT2D eigenvalue weighted by atomic mass is 16.5. The van der Waals surface area contributed by atoms with Gasteiger partial charge in [0, 0.05) is 11.9 Å². The molecule has 1 heterocycles. The molecule has 0 spiro atoms. The average molecular weight is 325 g/mol. The lowest BCUT2D eigenvalue weighted by atomic mass is 10.1. The number of carbonyl (C=O) groups excluding carboxylic acids is 1. The smallest absolute Gasteiger partial charge is 0.339 e. The first kappa shape index (κ1) is 15.5. The number of rotatable bonds is 5. The van der Waals surface area contributed by atoms with Crippen LogP contribution in [0.3, 0.4) is 0 Å². The predicted molar refractivity (Wildman–Crippen MR) is 87.2 cm³/mol. The van der Waals surface area contributed by atoms with Gasteiger partial charge in [0.2, 0.25) is 0 Å². The number of aromatic carboxylic acids is 1. The number of nitrogens with zero attached hydrogens (tertiary/aromatic N) is 1. The highest BCUT2D eigenvalue weighted by Gasteiger charge is 2.15. The van der Waals surface area contributed by atoms with Crippen LogP contribution in [0.25, 0.3) is 10.9 Å². The van der Waals surface area contributed by atoms with Gasteiger partial charge in [-0.05, 0) is 23.8 Å². The number of carboxylic acid groups (broad SMARTS) is 1. The second kappa shape index (κ2) is 6.41. The molecule has 0 bridgehead atoms. The van der Waals surface area contributed by atoms with Crippen molar-refractivity contribution in [3.8, 4) is 5.75 Å². The zero-order chi connectivity index (χ0) is 17.1. The maximum Gasteiger partial charge on any atom is 0.339 e. The summed E-state index contributed by atoms with van der Waals surface area (Å²) in [5.74, 6) is -1.14. The summed E-state index contributed by atoms with van der Waals surface area (Å²) < 4.78 is 5.01. The molecule has 3 aromatic rings. The van der Waals surface area contributed by atoms with E-state index in [0.717, 1.165) is 10.9 Å². The highest BCUT2D eigenvalue weighted by Crippen LogP contribution is 2.20. The van der Waals surface area contributed by atoms with E-state index in [1.807, 2.05) is 24.3 Å². The summed E-state index contributed by atoms with van der Waals surface area (Å²) in [4.78, 5) is 23.5. The summed E-state index contributed by atoms with van der Waals surface area (Å²) >= 11 is 0. The number of carbonyl (C=O) groups is 2. The van der Waals surface area contributed by atoms with Crippen LogP contribution in [0.1, 0.15) is 26.4 Å². The molecule has 0 unspecified atom stereocenters. The minimum absolute atomic E-state index is 0.0504. The predicted octanol–water partition coefficient (Wildman–Crippen LogP) is 2.20. The Kier molecular flexibility index (Phi) is 4.15. The highest BCUT2D eigenvalue weighted by molar-refractivity contribution is 6.04.